The Hall–Kier alpha value is -1.78. The van der Waals surface area contributed by atoms with Crippen LogP contribution >= 0.6 is 35.0 Å². The summed E-state index contributed by atoms with van der Waals surface area (Å²) in [6.45, 7) is 2.13. The first-order valence-electron chi connectivity index (χ1n) is 7.22. The molecule has 1 heterocycles. The summed E-state index contributed by atoms with van der Waals surface area (Å²) in [7, 11) is 1.56. The van der Waals surface area contributed by atoms with Crippen LogP contribution in [0, 0.1) is 18.3 Å². The number of hydrogen-bond acceptors (Lipinski definition) is 5. The highest BCUT2D eigenvalue weighted by atomic mass is 35.5. The number of anilines is 1. The molecule has 2 aromatic rings. The highest BCUT2D eigenvalue weighted by molar-refractivity contribution is 8.00. The van der Waals surface area contributed by atoms with Gasteiger partial charge in [-0.15, -0.1) is 0 Å². The summed E-state index contributed by atoms with van der Waals surface area (Å²) in [4.78, 5) is 16.6. The summed E-state index contributed by atoms with van der Waals surface area (Å²) < 4.78 is 5.11. The maximum absolute atomic E-state index is 12.2. The molecule has 8 heteroatoms. The lowest BCUT2D eigenvalue weighted by atomic mass is 10.1. The summed E-state index contributed by atoms with van der Waals surface area (Å²) in [5.74, 6) is -0.223. The number of nitrogens with one attached hydrogen (secondary N) is 1. The van der Waals surface area contributed by atoms with Gasteiger partial charge in [-0.05, 0) is 30.7 Å². The molecule has 25 heavy (non-hydrogen) atoms. The van der Waals surface area contributed by atoms with Crippen molar-refractivity contribution < 1.29 is 9.53 Å². The van der Waals surface area contributed by atoms with Crippen molar-refractivity contribution in [2.24, 2.45) is 0 Å². The van der Waals surface area contributed by atoms with Gasteiger partial charge in [0.15, 0.2) is 0 Å². The molecule has 0 aliphatic heterocycles. The summed E-state index contributed by atoms with van der Waals surface area (Å²) in [5.41, 5.74) is 2.29. The Morgan fingerprint density at radius 2 is 2.08 bits per heavy atom. The van der Waals surface area contributed by atoms with Crippen LogP contribution in [0.1, 0.15) is 16.8 Å². The first-order chi connectivity index (χ1) is 12.0. The van der Waals surface area contributed by atoms with Crippen molar-refractivity contribution in [3.8, 4) is 6.07 Å². The van der Waals surface area contributed by atoms with E-state index >= 15 is 0 Å². The largest absolute Gasteiger partial charge is 0.380 e. The van der Waals surface area contributed by atoms with Crippen LogP contribution in [-0.2, 0) is 16.1 Å². The molecule has 0 aliphatic carbocycles. The van der Waals surface area contributed by atoms with E-state index in [1.165, 1.54) is 11.8 Å². The maximum atomic E-state index is 12.2. The molecule has 1 amide bonds. The monoisotopic (exact) mass is 395 g/mol. The van der Waals surface area contributed by atoms with Crippen molar-refractivity contribution >= 4 is 46.6 Å². The third-order valence-corrected chi connectivity index (χ3v) is 4.78. The topological polar surface area (TPSA) is 75.0 Å². The number of aryl methyl sites for hydroxylation is 1. The second-order valence-electron chi connectivity index (χ2n) is 5.08. The quantitative estimate of drug-likeness (QED) is 0.731. The van der Waals surface area contributed by atoms with Crippen molar-refractivity contribution in [1.29, 1.82) is 5.26 Å². The standard InChI is InChI=1S/C17H15Cl2N3O2S/c1-10-6-11(8-24-2)12(7-20)17(21-10)25-9-15(23)22-16-13(18)4-3-5-14(16)19/h3-6H,8-9H2,1-2H3,(H,22,23). The molecule has 130 valence electrons. The Kier molecular flexibility index (Phi) is 7.09. The van der Waals surface area contributed by atoms with Crippen molar-refractivity contribution in [3.05, 3.63) is 51.1 Å². The molecule has 0 aliphatic rings. The second kappa shape index (κ2) is 9.07. The van der Waals surface area contributed by atoms with Gasteiger partial charge in [0.1, 0.15) is 11.1 Å². The molecule has 0 saturated carbocycles. The zero-order valence-corrected chi connectivity index (χ0v) is 15.9. The number of ether oxygens (including phenoxy) is 1. The van der Waals surface area contributed by atoms with Crippen LogP contribution in [0.5, 0.6) is 0 Å². The average Bonchev–Trinajstić information content (AvgIpc) is 2.56. The van der Waals surface area contributed by atoms with Crippen LogP contribution in [0.4, 0.5) is 5.69 Å². The predicted octanol–water partition coefficient (Wildman–Crippen LogP) is 4.45. The fourth-order valence-corrected chi connectivity index (χ4v) is 3.49. The minimum atomic E-state index is -0.291. The van der Waals surface area contributed by atoms with Crippen LogP contribution in [-0.4, -0.2) is 23.8 Å². The molecule has 0 radical (unpaired) electrons. The Morgan fingerprint density at radius 1 is 1.40 bits per heavy atom. The van der Waals surface area contributed by atoms with E-state index in [0.29, 0.717) is 32.9 Å². The molecule has 0 fully saturated rings. The number of nitrogens with zero attached hydrogens (tertiary/aromatic N) is 2. The second-order valence-corrected chi connectivity index (χ2v) is 6.86. The summed E-state index contributed by atoms with van der Waals surface area (Å²) in [5, 5.41) is 13.3. The number of methoxy groups -OCH3 is 1. The Bertz CT molecular complexity index is 817. The number of nitriles is 1. The first kappa shape index (κ1) is 19.5. The van der Waals surface area contributed by atoms with Gasteiger partial charge < -0.3 is 10.1 Å². The average molecular weight is 396 g/mol. The van der Waals surface area contributed by atoms with Gasteiger partial charge in [0, 0.05) is 12.8 Å². The molecule has 0 spiro atoms. The fourth-order valence-electron chi connectivity index (χ4n) is 2.13. The number of para-hydroxylation sites is 1. The normalized spacial score (nSPS) is 10.4. The number of pyridine rings is 1. The number of benzene rings is 1. The minimum Gasteiger partial charge on any atom is -0.380 e. The van der Waals surface area contributed by atoms with Crippen molar-refractivity contribution in [3.63, 3.8) is 0 Å². The third-order valence-electron chi connectivity index (χ3n) is 3.17. The summed E-state index contributed by atoms with van der Waals surface area (Å²) >= 11 is 13.3. The smallest absolute Gasteiger partial charge is 0.234 e. The van der Waals surface area contributed by atoms with Crippen LogP contribution in [0.25, 0.3) is 0 Å². The number of amides is 1. The predicted molar refractivity (Wildman–Crippen MR) is 100 cm³/mol. The van der Waals surface area contributed by atoms with Gasteiger partial charge in [-0.25, -0.2) is 4.98 Å². The zero-order chi connectivity index (χ0) is 18.4. The van der Waals surface area contributed by atoms with Gasteiger partial charge in [-0.2, -0.15) is 5.26 Å². The molecule has 2 rings (SSSR count). The number of carbonyl (C=O) groups excluding carboxylic acids is 1. The lowest BCUT2D eigenvalue weighted by molar-refractivity contribution is -0.113. The lowest BCUT2D eigenvalue weighted by Gasteiger charge is -2.11. The van der Waals surface area contributed by atoms with E-state index in [0.717, 1.165) is 11.3 Å². The van der Waals surface area contributed by atoms with Gasteiger partial charge in [-0.3, -0.25) is 4.79 Å². The van der Waals surface area contributed by atoms with Crippen LogP contribution in [0.15, 0.2) is 29.3 Å². The molecule has 0 unspecified atom stereocenters. The molecule has 0 bridgehead atoms. The zero-order valence-electron chi connectivity index (χ0n) is 13.6. The molecule has 0 atom stereocenters. The Balaban J connectivity index is 2.13. The van der Waals surface area contributed by atoms with E-state index in [1.54, 1.807) is 31.4 Å². The Morgan fingerprint density at radius 3 is 2.68 bits per heavy atom. The Labute approximate surface area is 160 Å². The molecule has 5 nitrogen and oxygen atoms in total. The van der Waals surface area contributed by atoms with E-state index in [4.69, 9.17) is 27.9 Å². The molecular formula is C17H15Cl2N3O2S. The minimum absolute atomic E-state index is 0.0686. The van der Waals surface area contributed by atoms with Gasteiger partial charge in [0.2, 0.25) is 5.91 Å². The van der Waals surface area contributed by atoms with Gasteiger partial charge >= 0.3 is 0 Å². The number of carbonyl (C=O) groups is 1. The van der Waals surface area contributed by atoms with Crippen LogP contribution < -0.4 is 5.32 Å². The molecule has 1 aromatic carbocycles. The number of rotatable bonds is 6. The molecule has 1 N–H and O–H groups in total. The first-order valence-corrected chi connectivity index (χ1v) is 8.96. The number of halogens is 2. The summed E-state index contributed by atoms with van der Waals surface area (Å²) in [6, 6.07) is 8.91. The van der Waals surface area contributed by atoms with Crippen molar-refractivity contribution in [2.45, 2.75) is 18.6 Å². The summed E-state index contributed by atoms with van der Waals surface area (Å²) in [6.07, 6.45) is 0. The number of thioether (sulfide) groups is 1. The fraction of sp³-hybridized carbons (Fsp3) is 0.235. The molecule has 1 aromatic heterocycles. The number of hydrogen-bond donors (Lipinski definition) is 1. The lowest BCUT2D eigenvalue weighted by Crippen LogP contribution is -2.15. The highest BCUT2D eigenvalue weighted by Crippen LogP contribution is 2.30. The van der Waals surface area contributed by atoms with E-state index in [9.17, 15) is 10.1 Å². The molecular weight excluding hydrogens is 381 g/mol. The van der Waals surface area contributed by atoms with Gasteiger partial charge in [0.05, 0.1) is 33.7 Å². The maximum Gasteiger partial charge on any atom is 0.234 e. The van der Waals surface area contributed by atoms with Crippen LogP contribution in [0.2, 0.25) is 10.0 Å². The number of aromatic nitrogens is 1. The van der Waals surface area contributed by atoms with E-state index in [2.05, 4.69) is 16.4 Å². The van der Waals surface area contributed by atoms with Crippen LogP contribution in [0.3, 0.4) is 0 Å². The van der Waals surface area contributed by atoms with E-state index in [-0.39, 0.29) is 11.7 Å². The van der Waals surface area contributed by atoms with Crippen molar-refractivity contribution in [2.75, 3.05) is 18.2 Å². The van der Waals surface area contributed by atoms with E-state index < -0.39 is 0 Å². The highest BCUT2D eigenvalue weighted by Gasteiger charge is 2.15. The SMILES string of the molecule is COCc1cc(C)nc(SCC(=O)Nc2c(Cl)cccc2Cl)c1C#N. The third kappa shape index (κ3) is 5.10. The van der Waals surface area contributed by atoms with Gasteiger partial charge in [-0.1, -0.05) is 41.0 Å². The van der Waals surface area contributed by atoms with Crippen molar-refractivity contribution in [1.82, 2.24) is 4.98 Å². The van der Waals surface area contributed by atoms with Gasteiger partial charge in [0.25, 0.3) is 0 Å². The van der Waals surface area contributed by atoms with E-state index in [1.807, 2.05) is 6.92 Å². The molecule has 0 saturated heterocycles.